The number of nitriles is 1. The number of benzene rings is 2. The number of imidazole rings is 1. The van der Waals surface area contributed by atoms with Gasteiger partial charge in [0.1, 0.15) is 11.6 Å². The number of aromatic nitrogens is 2. The molecule has 2 N–H and O–H groups in total. The first-order chi connectivity index (χ1) is 10.1. The largest absolute Gasteiger partial charge is 0.397 e. The molecule has 6 heteroatoms. The number of rotatable bonds is 2. The molecule has 0 aliphatic carbocycles. The second-order valence-electron chi connectivity index (χ2n) is 4.51. The minimum absolute atomic E-state index is 0.142. The van der Waals surface area contributed by atoms with E-state index in [-0.39, 0.29) is 12.1 Å². The summed E-state index contributed by atoms with van der Waals surface area (Å²) in [6.45, 7) is 0. The van der Waals surface area contributed by atoms with E-state index in [1.54, 1.807) is 10.6 Å². The fraction of sp³-hybridized carbons (Fsp3) is 0.0667. The predicted molar refractivity (Wildman–Crippen MR) is 82.5 cm³/mol. The van der Waals surface area contributed by atoms with Crippen molar-refractivity contribution in [2.24, 2.45) is 0 Å². The van der Waals surface area contributed by atoms with Crippen LogP contribution in [0.4, 0.5) is 10.1 Å². The first-order valence-electron chi connectivity index (χ1n) is 6.20. The Hall–Kier alpha value is -2.39. The second-order valence-corrected chi connectivity index (χ2v) is 5.37. The molecule has 0 fully saturated rings. The molecule has 0 aliphatic rings. The minimum atomic E-state index is -0.428. The number of halogens is 2. The van der Waals surface area contributed by atoms with E-state index in [0.717, 1.165) is 11.0 Å². The molecule has 1 heterocycles. The number of fused-ring (bicyclic) bond motifs is 1. The van der Waals surface area contributed by atoms with Crippen LogP contribution in [-0.2, 0) is 6.42 Å². The number of anilines is 1. The van der Waals surface area contributed by atoms with Crippen LogP contribution in [0.15, 0.2) is 40.9 Å². The number of hydrogen-bond donors (Lipinski definition) is 1. The van der Waals surface area contributed by atoms with Crippen molar-refractivity contribution < 1.29 is 4.39 Å². The summed E-state index contributed by atoms with van der Waals surface area (Å²) in [7, 11) is 0. The summed E-state index contributed by atoms with van der Waals surface area (Å²) in [6, 6.07) is 12.4. The molecule has 0 unspecified atom stereocenters. The van der Waals surface area contributed by atoms with Gasteiger partial charge in [0, 0.05) is 6.07 Å². The van der Waals surface area contributed by atoms with Crippen molar-refractivity contribution in [1.82, 2.24) is 9.55 Å². The Bertz CT molecular complexity index is 879. The van der Waals surface area contributed by atoms with E-state index in [1.165, 1.54) is 6.07 Å². The Morgan fingerprint density at radius 3 is 2.86 bits per heavy atom. The van der Waals surface area contributed by atoms with Crippen molar-refractivity contribution in [3.05, 3.63) is 52.5 Å². The van der Waals surface area contributed by atoms with Crippen LogP contribution >= 0.6 is 15.9 Å². The van der Waals surface area contributed by atoms with E-state index in [1.807, 2.05) is 24.3 Å². The van der Waals surface area contributed by atoms with Crippen LogP contribution in [0.1, 0.15) is 5.82 Å². The van der Waals surface area contributed by atoms with E-state index in [9.17, 15) is 4.39 Å². The SMILES string of the molecule is N#CCc1nc2ccccc2n1-c1cc(Br)c(F)cc1N. The molecular formula is C15H10BrFN4. The Labute approximate surface area is 128 Å². The van der Waals surface area contributed by atoms with Gasteiger partial charge in [-0.05, 0) is 34.1 Å². The van der Waals surface area contributed by atoms with E-state index in [2.05, 4.69) is 27.0 Å². The molecule has 0 radical (unpaired) electrons. The molecule has 3 aromatic rings. The molecule has 0 bridgehead atoms. The number of nitrogens with two attached hydrogens (primary N) is 1. The summed E-state index contributed by atoms with van der Waals surface area (Å²) in [5.41, 5.74) is 8.43. The van der Waals surface area contributed by atoms with Gasteiger partial charge in [-0.3, -0.25) is 4.57 Å². The molecule has 4 nitrogen and oxygen atoms in total. The lowest BCUT2D eigenvalue weighted by Crippen LogP contribution is -2.05. The Morgan fingerprint density at radius 1 is 1.33 bits per heavy atom. The maximum absolute atomic E-state index is 13.6. The molecule has 1 aromatic heterocycles. The summed E-state index contributed by atoms with van der Waals surface area (Å²) >= 11 is 3.16. The summed E-state index contributed by atoms with van der Waals surface area (Å²) in [6.07, 6.45) is 0.142. The highest BCUT2D eigenvalue weighted by Crippen LogP contribution is 2.30. The lowest BCUT2D eigenvalue weighted by atomic mass is 10.2. The highest BCUT2D eigenvalue weighted by atomic mass is 79.9. The Balaban J connectivity index is 2.36. The highest BCUT2D eigenvalue weighted by Gasteiger charge is 2.15. The quantitative estimate of drug-likeness (QED) is 0.722. The molecule has 0 saturated heterocycles. The average molecular weight is 345 g/mol. The van der Waals surface area contributed by atoms with Crippen molar-refractivity contribution in [1.29, 1.82) is 5.26 Å². The molecule has 0 aliphatic heterocycles. The van der Waals surface area contributed by atoms with Crippen LogP contribution in [0.3, 0.4) is 0 Å². The topological polar surface area (TPSA) is 67.6 Å². The van der Waals surface area contributed by atoms with Gasteiger partial charge in [0.05, 0.1) is 39.4 Å². The fourth-order valence-electron chi connectivity index (χ4n) is 2.28. The first-order valence-corrected chi connectivity index (χ1v) is 6.99. The van der Waals surface area contributed by atoms with Crippen LogP contribution in [0.2, 0.25) is 0 Å². The predicted octanol–water partition coefficient (Wildman–Crippen LogP) is 3.58. The zero-order valence-electron chi connectivity index (χ0n) is 10.8. The van der Waals surface area contributed by atoms with Gasteiger partial charge >= 0.3 is 0 Å². The van der Waals surface area contributed by atoms with Gasteiger partial charge in [-0.25, -0.2) is 9.37 Å². The van der Waals surface area contributed by atoms with Crippen molar-refractivity contribution in [3.8, 4) is 11.8 Å². The Morgan fingerprint density at radius 2 is 2.10 bits per heavy atom. The van der Waals surface area contributed by atoms with Gasteiger partial charge < -0.3 is 5.73 Å². The number of nitrogen functional groups attached to an aromatic ring is 1. The third-order valence-corrected chi connectivity index (χ3v) is 3.79. The van der Waals surface area contributed by atoms with Gasteiger partial charge in [-0.15, -0.1) is 0 Å². The maximum Gasteiger partial charge on any atom is 0.139 e. The van der Waals surface area contributed by atoms with Crippen LogP contribution < -0.4 is 5.73 Å². The molecule has 21 heavy (non-hydrogen) atoms. The van der Waals surface area contributed by atoms with Crippen LogP contribution in [0, 0.1) is 17.1 Å². The molecule has 0 spiro atoms. The lowest BCUT2D eigenvalue weighted by molar-refractivity contribution is 0.621. The summed E-state index contributed by atoms with van der Waals surface area (Å²) in [5, 5.41) is 8.98. The molecular weight excluding hydrogens is 335 g/mol. The summed E-state index contributed by atoms with van der Waals surface area (Å²) < 4.78 is 15.7. The molecule has 2 aromatic carbocycles. The molecule has 0 atom stereocenters. The number of nitrogens with zero attached hydrogens (tertiary/aromatic N) is 3. The smallest absolute Gasteiger partial charge is 0.139 e. The average Bonchev–Trinajstić information content (AvgIpc) is 2.81. The van der Waals surface area contributed by atoms with Gasteiger partial charge in [0.2, 0.25) is 0 Å². The van der Waals surface area contributed by atoms with Crippen molar-refractivity contribution >= 4 is 32.7 Å². The molecule has 0 saturated carbocycles. The fourth-order valence-corrected chi connectivity index (χ4v) is 2.61. The summed E-state index contributed by atoms with van der Waals surface area (Å²) in [5.74, 6) is 0.145. The monoisotopic (exact) mass is 344 g/mol. The number of hydrogen-bond acceptors (Lipinski definition) is 3. The van der Waals surface area contributed by atoms with E-state index in [4.69, 9.17) is 11.0 Å². The van der Waals surface area contributed by atoms with E-state index in [0.29, 0.717) is 16.0 Å². The van der Waals surface area contributed by atoms with Gasteiger partial charge in [0.15, 0.2) is 0 Å². The van der Waals surface area contributed by atoms with E-state index >= 15 is 0 Å². The molecule has 3 rings (SSSR count). The first kappa shape index (κ1) is 13.6. The zero-order chi connectivity index (χ0) is 15.0. The van der Waals surface area contributed by atoms with Crippen LogP contribution in [0.5, 0.6) is 0 Å². The van der Waals surface area contributed by atoms with Crippen LogP contribution in [-0.4, -0.2) is 9.55 Å². The highest BCUT2D eigenvalue weighted by molar-refractivity contribution is 9.10. The van der Waals surface area contributed by atoms with Crippen molar-refractivity contribution in [2.75, 3.05) is 5.73 Å². The van der Waals surface area contributed by atoms with Crippen molar-refractivity contribution in [2.45, 2.75) is 6.42 Å². The normalized spacial score (nSPS) is 10.7. The van der Waals surface area contributed by atoms with Gasteiger partial charge in [-0.2, -0.15) is 5.26 Å². The van der Waals surface area contributed by atoms with Crippen molar-refractivity contribution in [3.63, 3.8) is 0 Å². The Kier molecular flexibility index (Phi) is 3.35. The maximum atomic E-state index is 13.6. The lowest BCUT2D eigenvalue weighted by Gasteiger charge is -2.11. The van der Waals surface area contributed by atoms with Gasteiger partial charge in [0.25, 0.3) is 0 Å². The third-order valence-electron chi connectivity index (χ3n) is 3.18. The molecule has 104 valence electrons. The van der Waals surface area contributed by atoms with Crippen LogP contribution in [0.25, 0.3) is 16.7 Å². The standard InChI is InChI=1S/C15H10BrFN4/c16-9-7-14(11(19)8-10(9)17)21-13-4-2-1-3-12(13)20-15(21)5-6-18/h1-4,7-8H,5,19H2. The molecule has 0 amide bonds. The van der Waals surface area contributed by atoms with E-state index < -0.39 is 5.82 Å². The summed E-state index contributed by atoms with van der Waals surface area (Å²) in [4.78, 5) is 4.45. The van der Waals surface area contributed by atoms with Gasteiger partial charge in [-0.1, -0.05) is 12.1 Å². The number of para-hydroxylation sites is 2. The zero-order valence-corrected chi connectivity index (χ0v) is 12.4. The third kappa shape index (κ3) is 2.26. The minimum Gasteiger partial charge on any atom is -0.397 e. The second kappa shape index (κ2) is 5.19.